The van der Waals surface area contributed by atoms with Gasteiger partial charge < -0.3 is 10.1 Å². The lowest BCUT2D eigenvalue weighted by Crippen LogP contribution is -2.26. The molecule has 21 heavy (non-hydrogen) atoms. The van der Waals surface area contributed by atoms with Crippen molar-refractivity contribution < 1.29 is 4.74 Å². The van der Waals surface area contributed by atoms with Gasteiger partial charge in [-0.1, -0.05) is 48.5 Å². The zero-order valence-corrected chi connectivity index (χ0v) is 13.2. The largest absolute Gasteiger partial charge is 0.380 e. The fraction of sp³-hybridized carbons (Fsp3) is 0.333. The van der Waals surface area contributed by atoms with E-state index in [1.807, 2.05) is 11.8 Å². The number of hydrogen-bond donors (Lipinski definition) is 1. The molecular formula is C18H21NOS. The SMILES string of the molecule is COCc1cccc(CNC2CSCc3ccccc32)c1. The van der Waals surface area contributed by atoms with Gasteiger partial charge >= 0.3 is 0 Å². The summed E-state index contributed by atoms with van der Waals surface area (Å²) in [5, 5.41) is 3.70. The molecule has 0 fully saturated rings. The van der Waals surface area contributed by atoms with Gasteiger partial charge in [-0.05, 0) is 22.3 Å². The predicted octanol–water partition coefficient (Wildman–Crippen LogP) is 3.91. The van der Waals surface area contributed by atoms with Crippen LogP contribution in [0.4, 0.5) is 0 Å². The molecule has 0 aliphatic carbocycles. The molecule has 0 saturated heterocycles. The van der Waals surface area contributed by atoms with Crippen LogP contribution < -0.4 is 5.32 Å². The second kappa shape index (κ2) is 7.12. The lowest BCUT2D eigenvalue weighted by Gasteiger charge is -2.26. The van der Waals surface area contributed by atoms with Crippen LogP contribution >= 0.6 is 11.8 Å². The van der Waals surface area contributed by atoms with E-state index in [4.69, 9.17) is 4.74 Å². The Bertz CT molecular complexity index is 599. The van der Waals surface area contributed by atoms with Crippen molar-refractivity contribution in [2.75, 3.05) is 12.9 Å². The van der Waals surface area contributed by atoms with Gasteiger partial charge in [-0.2, -0.15) is 11.8 Å². The highest BCUT2D eigenvalue weighted by Gasteiger charge is 2.19. The van der Waals surface area contributed by atoms with Crippen molar-refractivity contribution >= 4 is 11.8 Å². The summed E-state index contributed by atoms with van der Waals surface area (Å²) >= 11 is 2.01. The standard InChI is InChI=1S/C18H21NOS/c1-20-11-15-6-4-5-14(9-15)10-19-18-13-21-12-16-7-2-3-8-17(16)18/h2-9,18-19H,10-13H2,1H3. The first-order valence-electron chi connectivity index (χ1n) is 7.32. The maximum absolute atomic E-state index is 5.20. The minimum absolute atomic E-state index is 0.450. The Morgan fingerprint density at radius 3 is 2.90 bits per heavy atom. The van der Waals surface area contributed by atoms with Crippen molar-refractivity contribution in [2.24, 2.45) is 0 Å². The van der Waals surface area contributed by atoms with Crippen LogP contribution in [-0.2, 0) is 23.6 Å². The van der Waals surface area contributed by atoms with E-state index >= 15 is 0 Å². The molecule has 1 aliphatic rings. The van der Waals surface area contributed by atoms with Gasteiger partial charge in [-0.25, -0.2) is 0 Å². The Morgan fingerprint density at radius 1 is 1.14 bits per heavy atom. The van der Waals surface area contributed by atoms with E-state index in [0.717, 1.165) is 18.1 Å². The highest BCUT2D eigenvalue weighted by atomic mass is 32.2. The van der Waals surface area contributed by atoms with Crippen molar-refractivity contribution in [2.45, 2.75) is 24.9 Å². The van der Waals surface area contributed by atoms with E-state index in [2.05, 4.69) is 53.8 Å². The summed E-state index contributed by atoms with van der Waals surface area (Å²) in [4.78, 5) is 0. The lowest BCUT2D eigenvalue weighted by atomic mass is 10.0. The molecule has 2 aromatic carbocycles. The monoisotopic (exact) mass is 299 g/mol. The van der Waals surface area contributed by atoms with Gasteiger partial charge in [0.05, 0.1) is 6.61 Å². The van der Waals surface area contributed by atoms with Crippen molar-refractivity contribution in [3.05, 3.63) is 70.8 Å². The maximum Gasteiger partial charge on any atom is 0.0713 e. The van der Waals surface area contributed by atoms with Gasteiger partial charge in [0.2, 0.25) is 0 Å². The number of nitrogens with one attached hydrogen (secondary N) is 1. The molecule has 2 aromatic rings. The summed E-state index contributed by atoms with van der Waals surface area (Å²) in [6.07, 6.45) is 0. The first-order chi connectivity index (χ1) is 10.4. The van der Waals surface area contributed by atoms with E-state index in [1.54, 1.807) is 7.11 Å². The lowest BCUT2D eigenvalue weighted by molar-refractivity contribution is 0.185. The molecule has 110 valence electrons. The van der Waals surface area contributed by atoms with Gasteiger partial charge in [0.15, 0.2) is 0 Å². The normalized spacial score (nSPS) is 17.5. The summed E-state index contributed by atoms with van der Waals surface area (Å²) < 4.78 is 5.20. The van der Waals surface area contributed by atoms with Gasteiger partial charge in [0.1, 0.15) is 0 Å². The summed E-state index contributed by atoms with van der Waals surface area (Å²) in [6, 6.07) is 17.8. The molecular weight excluding hydrogens is 278 g/mol. The van der Waals surface area contributed by atoms with Crippen LogP contribution in [0, 0.1) is 0 Å². The van der Waals surface area contributed by atoms with Crippen molar-refractivity contribution in [3.63, 3.8) is 0 Å². The molecule has 1 aliphatic heterocycles. The van der Waals surface area contributed by atoms with E-state index < -0.39 is 0 Å². The highest BCUT2D eigenvalue weighted by molar-refractivity contribution is 7.98. The molecule has 3 heteroatoms. The zero-order valence-electron chi connectivity index (χ0n) is 12.3. The molecule has 2 nitrogen and oxygen atoms in total. The van der Waals surface area contributed by atoms with Crippen LogP contribution in [0.5, 0.6) is 0 Å². The molecule has 1 atom stereocenters. The van der Waals surface area contributed by atoms with Crippen molar-refractivity contribution in [3.8, 4) is 0 Å². The van der Waals surface area contributed by atoms with Gasteiger partial charge in [0.25, 0.3) is 0 Å². The Labute approximate surface area is 130 Å². The van der Waals surface area contributed by atoms with Crippen LogP contribution in [0.15, 0.2) is 48.5 Å². The number of benzene rings is 2. The van der Waals surface area contributed by atoms with Crippen LogP contribution in [0.3, 0.4) is 0 Å². The number of ether oxygens (including phenoxy) is 1. The van der Waals surface area contributed by atoms with E-state index in [1.165, 1.54) is 22.3 Å². The zero-order chi connectivity index (χ0) is 14.5. The first kappa shape index (κ1) is 14.6. The van der Waals surface area contributed by atoms with E-state index in [9.17, 15) is 0 Å². The van der Waals surface area contributed by atoms with Crippen molar-refractivity contribution in [1.82, 2.24) is 5.32 Å². The minimum atomic E-state index is 0.450. The number of rotatable bonds is 5. The predicted molar refractivity (Wildman–Crippen MR) is 89.3 cm³/mol. The van der Waals surface area contributed by atoms with E-state index in [0.29, 0.717) is 12.6 Å². The third kappa shape index (κ3) is 3.67. The third-order valence-corrected chi connectivity index (χ3v) is 4.91. The smallest absolute Gasteiger partial charge is 0.0713 e. The molecule has 0 amide bonds. The summed E-state index contributed by atoms with van der Waals surface area (Å²) in [5.74, 6) is 2.28. The Kier molecular flexibility index (Phi) is 4.96. The summed E-state index contributed by atoms with van der Waals surface area (Å²) in [7, 11) is 1.74. The Hall–Kier alpha value is -1.29. The number of thioether (sulfide) groups is 1. The average molecular weight is 299 g/mol. The average Bonchev–Trinajstić information content (AvgIpc) is 2.53. The maximum atomic E-state index is 5.20. The third-order valence-electron chi connectivity index (χ3n) is 3.83. The van der Waals surface area contributed by atoms with Crippen LogP contribution in [0.1, 0.15) is 28.3 Å². The van der Waals surface area contributed by atoms with Crippen LogP contribution in [0.2, 0.25) is 0 Å². The Morgan fingerprint density at radius 2 is 2.00 bits per heavy atom. The number of methoxy groups -OCH3 is 1. The van der Waals surface area contributed by atoms with Crippen LogP contribution in [0.25, 0.3) is 0 Å². The first-order valence-corrected chi connectivity index (χ1v) is 8.48. The number of fused-ring (bicyclic) bond motifs is 1. The van der Waals surface area contributed by atoms with Crippen LogP contribution in [-0.4, -0.2) is 12.9 Å². The molecule has 0 radical (unpaired) electrons. The Balaban J connectivity index is 1.67. The molecule has 0 aromatic heterocycles. The molecule has 0 saturated carbocycles. The molecule has 0 spiro atoms. The minimum Gasteiger partial charge on any atom is -0.380 e. The summed E-state index contributed by atoms with van der Waals surface area (Å²) in [5.41, 5.74) is 5.48. The van der Waals surface area contributed by atoms with E-state index in [-0.39, 0.29) is 0 Å². The van der Waals surface area contributed by atoms with Gasteiger partial charge in [-0.15, -0.1) is 0 Å². The summed E-state index contributed by atoms with van der Waals surface area (Å²) in [6.45, 7) is 1.58. The molecule has 1 unspecified atom stereocenters. The van der Waals surface area contributed by atoms with Gasteiger partial charge in [0, 0.05) is 31.2 Å². The fourth-order valence-corrected chi connectivity index (χ4v) is 3.92. The van der Waals surface area contributed by atoms with Gasteiger partial charge in [-0.3, -0.25) is 0 Å². The topological polar surface area (TPSA) is 21.3 Å². The second-order valence-corrected chi connectivity index (χ2v) is 6.43. The molecule has 0 bridgehead atoms. The number of hydrogen-bond acceptors (Lipinski definition) is 3. The van der Waals surface area contributed by atoms with Crippen molar-refractivity contribution in [1.29, 1.82) is 0 Å². The molecule has 3 rings (SSSR count). The molecule has 1 N–H and O–H groups in total. The highest BCUT2D eigenvalue weighted by Crippen LogP contribution is 2.31. The fourth-order valence-electron chi connectivity index (χ4n) is 2.79. The quantitative estimate of drug-likeness (QED) is 0.904. The second-order valence-electron chi connectivity index (χ2n) is 5.40. The molecule has 1 heterocycles.